The van der Waals surface area contributed by atoms with Gasteiger partial charge in [0.25, 0.3) is 0 Å². The number of rotatable bonds is 7. The summed E-state index contributed by atoms with van der Waals surface area (Å²) in [6, 6.07) is 14.7. The fraction of sp³-hybridized carbons (Fsp3) is 0.407. The van der Waals surface area contributed by atoms with Crippen LogP contribution in [0, 0.1) is 5.82 Å². The molecule has 2 aromatic carbocycles. The third-order valence-corrected chi connectivity index (χ3v) is 7.38. The Morgan fingerprint density at radius 1 is 0.946 bits per heavy atom. The molecule has 5 rings (SSSR count). The van der Waals surface area contributed by atoms with Crippen LogP contribution in [0.1, 0.15) is 6.42 Å². The second kappa shape index (κ2) is 12.4. The van der Waals surface area contributed by atoms with Crippen LogP contribution in [-0.2, 0) is 16.0 Å². The Hall–Kier alpha value is -3.21. The van der Waals surface area contributed by atoms with Crippen molar-refractivity contribution in [3.05, 3.63) is 64.5 Å². The van der Waals surface area contributed by atoms with Crippen LogP contribution in [0.3, 0.4) is 0 Å². The lowest BCUT2D eigenvalue weighted by Gasteiger charge is -2.29. The SMILES string of the molecule is O=C(NCCCn1c(-c2ccc(N3CCOCC3)cc2)csc1=Nc1ccc(F)cc1)N1CCOCC1. The molecule has 0 saturated carbocycles. The smallest absolute Gasteiger partial charge is 0.317 e. The number of halogens is 1. The average Bonchev–Trinajstić information content (AvgIpc) is 3.35. The number of hydrogen-bond acceptors (Lipinski definition) is 6. The molecule has 0 spiro atoms. The lowest BCUT2D eigenvalue weighted by Crippen LogP contribution is -2.46. The number of carbonyl (C=O) groups is 1. The topological polar surface area (TPSA) is 71.3 Å². The number of nitrogens with one attached hydrogen (secondary N) is 1. The second-order valence-electron chi connectivity index (χ2n) is 8.97. The maximum Gasteiger partial charge on any atom is 0.317 e. The number of thiazole rings is 1. The third kappa shape index (κ3) is 6.57. The van der Waals surface area contributed by atoms with Gasteiger partial charge >= 0.3 is 6.03 Å². The summed E-state index contributed by atoms with van der Waals surface area (Å²) in [5, 5.41) is 5.14. The van der Waals surface area contributed by atoms with Crippen LogP contribution in [0.2, 0.25) is 0 Å². The number of nitrogens with zero attached hydrogens (tertiary/aromatic N) is 4. The van der Waals surface area contributed by atoms with Crippen molar-refractivity contribution in [3.63, 3.8) is 0 Å². The monoisotopic (exact) mass is 525 g/mol. The van der Waals surface area contributed by atoms with E-state index >= 15 is 0 Å². The molecule has 2 aliphatic heterocycles. The molecule has 1 aromatic heterocycles. The lowest BCUT2D eigenvalue weighted by atomic mass is 10.1. The molecule has 0 aliphatic carbocycles. The van der Waals surface area contributed by atoms with Gasteiger partial charge < -0.3 is 29.2 Å². The third-order valence-electron chi connectivity index (χ3n) is 6.52. The van der Waals surface area contributed by atoms with Gasteiger partial charge in [-0.25, -0.2) is 14.2 Å². The van der Waals surface area contributed by atoms with E-state index in [4.69, 9.17) is 14.5 Å². The van der Waals surface area contributed by atoms with E-state index in [9.17, 15) is 9.18 Å². The van der Waals surface area contributed by atoms with Crippen molar-refractivity contribution in [2.45, 2.75) is 13.0 Å². The Morgan fingerprint density at radius 3 is 2.32 bits per heavy atom. The Kier molecular flexibility index (Phi) is 8.49. The standard InChI is InChI=1S/C27H32FN5O3S/c28-22-4-6-23(7-5-22)30-27-33(11-1-10-29-26(34)32-14-18-36-19-15-32)25(20-37-27)21-2-8-24(9-3-21)31-12-16-35-17-13-31/h2-9,20H,1,10-19H2,(H,29,34). The number of aromatic nitrogens is 1. The predicted molar refractivity (Wildman–Crippen MR) is 143 cm³/mol. The minimum absolute atomic E-state index is 0.0474. The second-order valence-corrected chi connectivity index (χ2v) is 9.81. The van der Waals surface area contributed by atoms with Crippen LogP contribution in [0.4, 0.5) is 20.6 Å². The van der Waals surface area contributed by atoms with Crippen molar-refractivity contribution < 1.29 is 18.7 Å². The molecule has 10 heteroatoms. The Labute approximate surface area is 220 Å². The highest BCUT2D eigenvalue weighted by Gasteiger charge is 2.16. The molecule has 2 saturated heterocycles. The first-order valence-electron chi connectivity index (χ1n) is 12.7. The Balaban J connectivity index is 1.33. The average molecular weight is 526 g/mol. The molecule has 2 aliphatic rings. The van der Waals surface area contributed by atoms with Gasteiger partial charge in [-0.05, 0) is 48.4 Å². The van der Waals surface area contributed by atoms with E-state index in [-0.39, 0.29) is 11.8 Å². The molecule has 8 nitrogen and oxygen atoms in total. The van der Waals surface area contributed by atoms with Gasteiger partial charge in [-0.3, -0.25) is 0 Å². The minimum atomic E-state index is -0.282. The van der Waals surface area contributed by atoms with Gasteiger partial charge in [0.05, 0.1) is 37.8 Å². The first-order valence-corrected chi connectivity index (χ1v) is 13.6. The molecule has 2 amide bonds. The van der Waals surface area contributed by atoms with E-state index in [1.54, 1.807) is 28.4 Å². The Morgan fingerprint density at radius 2 is 1.62 bits per heavy atom. The molecule has 0 bridgehead atoms. The maximum absolute atomic E-state index is 13.4. The summed E-state index contributed by atoms with van der Waals surface area (Å²) in [6.07, 6.45) is 0.752. The molecule has 196 valence electrons. The zero-order valence-electron chi connectivity index (χ0n) is 20.8. The van der Waals surface area contributed by atoms with Gasteiger partial charge in [-0.2, -0.15) is 0 Å². The van der Waals surface area contributed by atoms with Crippen molar-refractivity contribution in [2.75, 3.05) is 64.1 Å². The van der Waals surface area contributed by atoms with Crippen molar-refractivity contribution >= 4 is 28.7 Å². The van der Waals surface area contributed by atoms with Crippen molar-refractivity contribution in [3.8, 4) is 11.3 Å². The van der Waals surface area contributed by atoms with Crippen LogP contribution >= 0.6 is 11.3 Å². The van der Waals surface area contributed by atoms with Gasteiger partial charge in [0, 0.05) is 50.3 Å². The van der Waals surface area contributed by atoms with Gasteiger partial charge in [-0.15, -0.1) is 11.3 Å². The number of urea groups is 1. The fourth-order valence-electron chi connectivity index (χ4n) is 4.47. The molecule has 0 unspecified atom stereocenters. The van der Waals surface area contributed by atoms with Crippen LogP contribution in [0.5, 0.6) is 0 Å². The van der Waals surface area contributed by atoms with E-state index in [1.807, 2.05) is 0 Å². The zero-order chi connectivity index (χ0) is 25.5. The number of benzene rings is 2. The van der Waals surface area contributed by atoms with Crippen LogP contribution < -0.4 is 15.0 Å². The summed E-state index contributed by atoms with van der Waals surface area (Å²) in [7, 11) is 0. The van der Waals surface area contributed by atoms with Gasteiger partial charge in [0.15, 0.2) is 4.80 Å². The molecular formula is C27H32FN5O3S. The fourth-order valence-corrected chi connectivity index (χ4v) is 5.42. The highest BCUT2D eigenvalue weighted by molar-refractivity contribution is 7.07. The number of hydrogen-bond donors (Lipinski definition) is 1. The summed E-state index contributed by atoms with van der Waals surface area (Å²) in [5.41, 5.74) is 4.06. The zero-order valence-corrected chi connectivity index (χ0v) is 21.6. The largest absolute Gasteiger partial charge is 0.378 e. The number of ether oxygens (including phenoxy) is 2. The van der Waals surface area contributed by atoms with Gasteiger partial charge in [0.2, 0.25) is 0 Å². The molecule has 3 heterocycles. The molecule has 2 fully saturated rings. The quantitative estimate of drug-likeness (QED) is 0.476. The summed E-state index contributed by atoms with van der Waals surface area (Å²) in [4.78, 5) is 22.2. The highest BCUT2D eigenvalue weighted by atomic mass is 32.1. The molecular weight excluding hydrogens is 493 g/mol. The summed E-state index contributed by atoms with van der Waals surface area (Å²) in [5.74, 6) is -0.282. The van der Waals surface area contributed by atoms with E-state index in [0.717, 1.165) is 48.8 Å². The molecule has 0 atom stereocenters. The predicted octanol–water partition coefficient (Wildman–Crippen LogP) is 3.86. The molecule has 37 heavy (non-hydrogen) atoms. The number of morpholine rings is 2. The normalized spacial score (nSPS) is 16.7. The molecule has 3 aromatic rings. The summed E-state index contributed by atoms with van der Waals surface area (Å²) < 4.78 is 26.4. The number of carbonyl (C=O) groups excluding carboxylic acids is 1. The van der Waals surface area contributed by atoms with Crippen LogP contribution in [0.25, 0.3) is 11.3 Å². The van der Waals surface area contributed by atoms with E-state index in [1.165, 1.54) is 17.8 Å². The number of amides is 2. The number of anilines is 1. The van der Waals surface area contributed by atoms with Gasteiger partial charge in [0.1, 0.15) is 5.82 Å². The minimum Gasteiger partial charge on any atom is -0.378 e. The summed E-state index contributed by atoms with van der Waals surface area (Å²) in [6.45, 7) is 6.96. The first kappa shape index (κ1) is 25.4. The lowest BCUT2D eigenvalue weighted by molar-refractivity contribution is 0.0532. The summed E-state index contributed by atoms with van der Waals surface area (Å²) >= 11 is 1.56. The molecule has 1 N–H and O–H groups in total. The van der Waals surface area contributed by atoms with E-state index in [2.05, 4.69) is 44.4 Å². The first-order chi connectivity index (χ1) is 18.2. The molecule has 0 radical (unpaired) electrons. The van der Waals surface area contributed by atoms with Gasteiger partial charge in [-0.1, -0.05) is 12.1 Å². The van der Waals surface area contributed by atoms with Crippen LogP contribution in [-0.4, -0.2) is 74.6 Å². The Bertz CT molecular complexity index is 1230. The maximum atomic E-state index is 13.4. The van der Waals surface area contributed by atoms with E-state index < -0.39 is 0 Å². The van der Waals surface area contributed by atoms with E-state index in [0.29, 0.717) is 45.1 Å². The van der Waals surface area contributed by atoms with Crippen molar-refractivity contribution in [1.29, 1.82) is 0 Å². The van der Waals surface area contributed by atoms with Crippen LogP contribution in [0.15, 0.2) is 58.9 Å². The van der Waals surface area contributed by atoms with Crippen molar-refractivity contribution in [2.24, 2.45) is 4.99 Å². The van der Waals surface area contributed by atoms with Crippen molar-refractivity contribution in [1.82, 2.24) is 14.8 Å². The highest BCUT2D eigenvalue weighted by Crippen LogP contribution is 2.25.